The van der Waals surface area contributed by atoms with Gasteiger partial charge in [-0.2, -0.15) is 0 Å². The van der Waals surface area contributed by atoms with Crippen molar-refractivity contribution in [2.75, 3.05) is 35.2 Å². The van der Waals surface area contributed by atoms with Crippen LogP contribution in [0.15, 0.2) is 18.2 Å². The van der Waals surface area contributed by atoms with Crippen LogP contribution in [0.25, 0.3) is 0 Å². The van der Waals surface area contributed by atoms with Crippen LogP contribution in [0.3, 0.4) is 0 Å². The van der Waals surface area contributed by atoms with E-state index < -0.39 is 15.8 Å². The Morgan fingerprint density at radius 2 is 1.89 bits per heavy atom. The first-order valence-corrected chi connectivity index (χ1v) is 7.29. The van der Waals surface area contributed by atoms with E-state index in [1.165, 1.54) is 12.1 Å². The summed E-state index contributed by atoms with van der Waals surface area (Å²) in [5.41, 5.74) is 6.74. The lowest BCUT2D eigenvalue weighted by Gasteiger charge is -2.30. The molecule has 1 heterocycles. The number of nitrogens with two attached hydrogens (primary N) is 1. The first-order valence-electron chi connectivity index (χ1n) is 5.47. The van der Waals surface area contributed by atoms with Gasteiger partial charge < -0.3 is 15.7 Å². The molecule has 1 aliphatic rings. The van der Waals surface area contributed by atoms with Crippen molar-refractivity contribution in [1.29, 1.82) is 0 Å². The van der Waals surface area contributed by atoms with Crippen LogP contribution < -0.4 is 10.6 Å². The number of hydrogen-bond acceptors (Lipinski definition) is 5. The minimum Gasteiger partial charge on any atom is -0.478 e. The van der Waals surface area contributed by atoms with Crippen molar-refractivity contribution >= 4 is 27.2 Å². The third-order valence-corrected chi connectivity index (χ3v) is 4.55. The van der Waals surface area contributed by atoms with E-state index in [9.17, 15) is 13.2 Å². The second-order valence-electron chi connectivity index (χ2n) is 4.22. The molecule has 3 N–H and O–H groups in total. The highest BCUT2D eigenvalue weighted by Crippen LogP contribution is 2.25. The minimum atomic E-state index is -2.99. The lowest BCUT2D eigenvalue weighted by molar-refractivity contribution is 0.0697. The van der Waals surface area contributed by atoms with Crippen molar-refractivity contribution in [1.82, 2.24) is 0 Å². The normalized spacial score (nSPS) is 18.6. The summed E-state index contributed by atoms with van der Waals surface area (Å²) in [5.74, 6) is -0.958. The molecular weight excluding hydrogens is 256 g/mol. The highest BCUT2D eigenvalue weighted by molar-refractivity contribution is 7.91. The third-order valence-electron chi connectivity index (χ3n) is 2.94. The molecule has 0 saturated carbocycles. The molecule has 2 rings (SSSR count). The number of carbonyl (C=O) groups is 1. The maximum Gasteiger partial charge on any atom is 0.337 e. The summed E-state index contributed by atoms with van der Waals surface area (Å²) in [7, 11) is -2.99. The molecule has 0 aliphatic carbocycles. The molecule has 0 radical (unpaired) electrons. The molecule has 7 heteroatoms. The Hall–Kier alpha value is -1.76. The van der Waals surface area contributed by atoms with Crippen molar-refractivity contribution in [2.24, 2.45) is 0 Å². The van der Waals surface area contributed by atoms with Crippen molar-refractivity contribution < 1.29 is 18.3 Å². The van der Waals surface area contributed by atoms with E-state index in [1.54, 1.807) is 11.0 Å². The summed E-state index contributed by atoms with van der Waals surface area (Å²) in [6.45, 7) is 0.595. The average Bonchev–Trinajstić information content (AvgIpc) is 2.28. The fourth-order valence-corrected chi connectivity index (χ4v) is 3.15. The Morgan fingerprint density at radius 3 is 2.44 bits per heavy atom. The van der Waals surface area contributed by atoms with Gasteiger partial charge in [-0.05, 0) is 18.2 Å². The van der Waals surface area contributed by atoms with Gasteiger partial charge in [0, 0.05) is 18.8 Å². The number of rotatable bonds is 2. The van der Waals surface area contributed by atoms with E-state index in [0.29, 0.717) is 24.5 Å². The number of hydrogen-bond donors (Lipinski definition) is 2. The van der Waals surface area contributed by atoms with Crippen LogP contribution in [0.2, 0.25) is 0 Å². The van der Waals surface area contributed by atoms with Gasteiger partial charge in [0.1, 0.15) is 0 Å². The molecular formula is C11H14N2O4S. The van der Waals surface area contributed by atoms with Gasteiger partial charge in [0.2, 0.25) is 0 Å². The van der Waals surface area contributed by atoms with Gasteiger partial charge in [0.25, 0.3) is 0 Å². The van der Waals surface area contributed by atoms with Crippen LogP contribution in [0.4, 0.5) is 11.4 Å². The summed E-state index contributed by atoms with van der Waals surface area (Å²) < 4.78 is 22.7. The summed E-state index contributed by atoms with van der Waals surface area (Å²) in [6, 6.07) is 4.53. The van der Waals surface area contributed by atoms with Crippen LogP contribution in [0.1, 0.15) is 10.4 Å². The number of aromatic carboxylic acids is 1. The summed E-state index contributed by atoms with van der Waals surface area (Å²) in [5, 5.41) is 9.10. The Kier molecular flexibility index (Phi) is 3.16. The van der Waals surface area contributed by atoms with Gasteiger partial charge in [-0.1, -0.05) is 0 Å². The molecule has 0 amide bonds. The van der Waals surface area contributed by atoms with Crippen LogP contribution in [-0.2, 0) is 9.84 Å². The molecule has 1 saturated heterocycles. The fourth-order valence-electron chi connectivity index (χ4n) is 1.94. The third kappa shape index (κ3) is 2.56. The van der Waals surface area contributed by atoms with Gasteiger partial charge in [0.15, 0.2) is 9.84 Å². The number of carboxylic acids is 1. The van der Waals surface area contributed by atoms with Gasteiger partial charge in [0.05, 0.1) is 22.8 Å². The number of sulfone groups is 1. The minimum absolute atomic E-state index is 0.0425. The zero-order valence-corrected chi connectivity index (χ0v) is 10.5. The summed E-state index contributed by atoms with van der Waals surface area (Å²) >= 11 is 0. The Bertz CT molecular complexity index is 569. The Labute approximate surface area is 105 Å². The number of nitrogen functional groups attached to an aromatic ring is 1. The number of anilines is 2. The molecule has 1 aromatic carbocycles. The SMILES string of the molecule is Nc1ccc(C(=O)O)c(N2CCS(=O)(=O)CC2)c1. The lowest BCUT2D eigenvalue weighted by atomic mass is 10.1. The first-order chi connectivity index (χ1) is 8.39. The largest absolute Gasteiger partial charge is 0.478 e. The molecule has 0 atom stereocenters. The van der Waals surface area contributed by atoms with E-state index in [-0.39, 0.29) is 17.1 Å². The summed E-state index contributed by atoms with van der Waals surface area (Å²) in [6.07, 6.45) is 0. The van der Waals surface area contributed by atoms with Crippen LogP contribution in [-0.4, -0.2) is 44.1 Å². The molecule has 1 aromatic rings. The van der Waals surface area contributed by atoms with Crippen LogP contribution in [0, 0.1) is 0 Å². The molecule has 1 aliphatic heterocycles. The molecule has 98 valence electrons. The van der Waals surface area contributed by atoms with Crippen molar-refractivity contribution in [2.45, 2.75) is 0 Å². The monoisotopic (exact) mass is 270 g/mol. The van der Waals surface area contributed by atoms with E-state index in [2.05, 4.69) is 0 Å². The maximum absolute atomic E-state index is 11.3. The lowest BCUT2D eigenvalue weighted by Crippen LogP contribution is -2.41. The topological polar surface area (TPSA) is 101 Å². The first kappa shape index (κ1) is 12.7. The van der Waals surface area contributed by atoms with Crippen molar-refractivity contribution in [3.05, 3.63) is 23.8 Å². The fraction of sp³-hybridized carbons (Fsp3) is 0.364. The Balaban J connectivity index is 2.33. The quantitative estimate of drug-likeness (QED) is 0.745. The van der Waals surface area contributed by atoms with E-state index >= 15 is 0 Å². The second kappa shape index (κ2) is 4.49. The predicted octanol–water partition coefficient (Wildman–Crippen LogP) is 0.202. The van der Waals surface area contributed by atoms with Gasteiger partial charge in [-0.15, -0.1) is 0 Å². The average molecular weight is 270 g/mol. The van der Waals surface area contributed by atoms with Gasteiger partial charge in [-0.3, -0.25) is 0 Å². The molecule has 0 bridgehead atoms. The van der Waals surface area contributed by atoms with Crippen LogP contribution >= 0.6 is 0 Å². The van der Waals surface area contributed by atoms with E-state index in [0.717, 1.165) is 0 Å². The predicted molar refractivity (Wildman–Crippen MR) is 68.7 cm³/mol. The van der Waals surface area contributed by atoms with Crippen molar-refractivity contribution in [3.63, 3.8) is 0 Å². The molecule has 1 fully saturated rings. The van der Waals surface area contributed by atoms with Crippen molar-refractivity contribution in [3.8, 4) is 0 Å². The number of benzene rings is 1. The Morgan fingerprint density at radius 1 is 1.28 bits per heavy atom. The molecule has 0 unspecified atom stereocenters. The molecule has 0 spiro atoms. The standard InChI is InChI=1S/C11H14N2O4S/c12-8-1-2-9(11(14)15)10(7-8)13-3-5-18(16,17)6-4-13/h1-2,7H,3-6,12H2,(H,14,15). The summed E-state index contributed by atoms with van der Waals surface area (Å²) in [4.78, 5) is 12.9. The molecule has 0 aromatic heterocycles. The number of carboxylic acid groups (broad SMARTS) is 1. The zero-order chi connectivity index (χ0) is 13.3. The van der Waals surface area contributed by atoms with Gasteiger partial charge in [-0.25, -0.2) is 13.2 Å². The van der Waals surface area contributed by atoms with E-state index in [1.807, 2.05) is 0 Å². The highest BCUT2D eigenvalue weighted by atomic mass is 32.2. The number of nitrogens with zero attached hydrogens (tertiary/aromatic N) is 1. The maximum atomic E-state index is 11.3. The zero-order valence-electron chi connectivity index (χ0n) is 9.67. The molecule has 6 nitrogen and oxygen atoms in total. The second-order valence-corrected chi connectivity index (χ2v) is 6.52. The van der Waals surface area contributed by atoms with Crippen LogP contribution in [0.5, 0.6) is 0 Å². The highest BCUT2D eigenvalue weighted by Gasteiger charge is 2.24. The molecule has 18 heavy (non-hydrogen) atoms. The van der Waals surface area contributed by atoms with E-state index in [4.69, 9.17) is 10.8 Å². The smallest absolute Gasteiger partial charge is 0.337 e. The van der Waals surface area contributed by atoms with Gasteiger partial charge >= 0.3 is 5.97 Å².